The predicted octanol–water partition coefficient (Wildman–Crippen LogP) is 2.21. The maximum absolute atomic E-state index is 11.3. The maximum atomic E-state index is 11.3. The van der Waals surface area contributed by atoms with Crippen LogP contribution in [-0.2, 0) is 0 Å². The molecule has 0 saturated carbocycles. The lowest BCUT2D eigenvalue weighted by Gasteiger charge is -2.06. The van der Waals surface area contributed by atoms with Crippen molar-refractivity contribution in [2.45, 2.75) is 6.92 Å². The van der Waals surface area contributed by atoms with Gasteiger partial charge in [0.05, 0.1) is 7.11 Å². The molecule has 1 aliphatic carbocycles. The van der Waals surface area contributed by atoms with Gasteiger partial charge in [-0.2, -0.15) is 0 Å². The van der Waals surface area contributed by atoms with Gasteiger partial charge in [0.2, 0.25) is 0 Å². The summed E-state index contributed by atoms with van der Waals surface area (Å²) in [5.41, 5.74) is 2.73. The molecule has 0 radical (unpaired) electrons. The summed E-state index contributed by atoms with van der Waals surface area (Å²) in [6.07, 6.45) is 3.41. The zero-order valence-corrected chi connectivity index (χ0v) is 7.63. The van der Waals surface area contributed by atoms with Gasteiger partial charge in [-0.05, 0) is 36.3 Å². The Morgan fingerprint density at radius 1 is 1.23 bits per heavy atom. The lowest BCUT2D eigenvalue weighted by molar-refractivity contribution is 0.105. The number of fused-ring (bicyclic) bond motifs is 1. The van der Waals surface area contributed by atoms with Gasteiger partial charge in [0.25, 0.3) is 0 Å². The average Bonchev–Trinajstić information content (AvgIpc) is 2.47. The highest BCUT2D eigenvalue weighted by atomic mass is 16.5. The van der Waals surface area contributed by atoms with Crippen molar-refractivity contribution < 1.29 is 9.53 Å². The molecule has 0 atom stereocenters. The minimum Gasteiger partial charge on any atom is -0.496 e. The summed E-state index contributed by atoms with van der Waals surface area (Å²) < 4.78 is 5.16. The van der Waals surface area contributed by atoms with E-state index >= 15 is 0 Å². The fourth-order valence-corrected chi connectivity index (χ4v) is 1.53. The number of carbonyl (C=O) groups excluding carboxylic acids is 1. The van der Waals surface area contributed by atoms with Gasteiger partial charge in [-0.25, -0.2) is 0 Å². The normalized spacial score (nSPS) is 13.2. The number of aryl methyl sites for hydroxylation is 1. The zero-order valence-electron chi connectivity index (χ0n) is 7.63. The van der Waals surface area contributed by atoms with Crippen LogP contribution in [-0.4, -0.2) is 12.9 Å². The Bertz CT molecular complexity index is 403. The summed E-state index contributed by atoms with van der Waals surface area (Å²) in [7, 11) is 1.63. The molecule has 1 aromatic carbocycles. The van der Waals surface area contributed by atoms with E-state index < -0.39 is 0 Å². The molecule has 0 heterocycles. The molecule has 2 nitrogen and oxygen atoms in total. The van der Waals surface area contributed by atoms with E-state index in [-0.39, 0.29) is 5.78 Å². The van der Waals surface area contributed by atoms with Gasteiger partial charge in [-0.15, -0.1) is 0 Å². The number of carbonyl (C=O) groups is 1. The smallest absolute Gasteiger partial charge is 0.186 e. The molecule has 1 aromatic rings. The first kappa shape index (κ1) is 8.05. The molecule has 0 unspecified atom stereocenters. The summed E-state index contributed by atoms with van der Waals surface area (Å²) in [6, 6.07) is 3.77. The van der Waals surface area contributed by atoms with Gasteiger partial charge in [-0.1, -0.05) is 6.08 Å². The Hall–Kier alpha value is -1.57. The molecule has 0 fully saturated rings. The fraction of sp³-hybridized carbons (Fsp3) is 0.182. The highest BCUT2D eigenvalue weighted by Crippen LogP contribution is 2.27. The topological polar surface area (TPSA) is 26.3 Å². The van der Waals surface area contributed by atoms with Crippen LogP contribution in [0.2, 0.25) is 0 Å². The van der Waals surface area contributed by atoms with E-state index in [4.69, 9.17) is 4.74 Å². The third-order valence-corrected chi connectivity index (χ3v) is 2.25. The molecule has 0 spiro atoms. The van der Waals surface area contributed by atoms with E-state index in [2.05, 4.69) is 0 Å². The van der Waals surface area contributed by atoms with Crippen LogP contribution in [0.1, 0.15) is 21.5 Å². The number of hydrogen-bond acceptors (Lipinski definition) is 2. The zero-order chi connectivity index (χ0) is 9.42. The second-order valence-corrected chi connectivity index (χ2v) is 3.11. The number of methoxy groups -OCH3 is 1. The Morgan fingerprint density at radius 3 is 2.69 bits per heavy atom. The number of allylic oxidation sites excluding steroid dienone is 1. The van der Waals surface area contributed by atoms with Crippen molar-refractivity contribution in [3.8, 4) is 5.75 Å². The third-order valence-electron chi connectivity index (χ3n) is 2.25. The van der Waals surface area contributed by atoms with E-state index in [1.54, 1.807) is 13.2 Å². The van der Waals surface area contributed by atoms with Crippen molar-refractivity contribution in [3.05, 3.63) is 34.9 Å². The Labute approximate surface area is 76.8 Å². The molecular formula is C11H10O2. The van der Waals surface area contributed by atoms with Crippen LogP contribution in [0.15, 0.2) is 18.2 Å². The van der Waals surface area contributed by atoms with Gasteiger partial charge in [-0.3, -0.25) is 4.79 Å². The minimum atomic E-state index is 0.0840. The summed E-state index contributed by atoms with van der Waals surface area (Å²) in [5.74, 6) is 0.916. The molecule has 0 saturated heterocycles. The van der Waals surface area contributed by atoms with Crippen molar-refractivity contribution in [1.29, 1.82) is 0 Å². The predicted molar refractivity (Wildman–Crippen MR) is 51.1 cm³/mol. The Kier molecular flexibility index (Phi) is 1.69. The quantitative estimate of drug-likeness (QED) is 0.652. The number of ether oxygens (including phenoxy) is 1. The Morgan fingerprint density at radius 2 is 2.00 bits per heavy atom. The molecule has 0 aromatic heterocycles. The van der Waals surface area contributed by atoms with Crippen LogP contribution in [0.3, 0.4) is 0 Å². The molecule has 66 valence electrons. The van der Waals surface area contributed by atoms with Gasteiger partial charge >= 0.3 is 0 Å². The molecular weight excluding hydrogens is 164 g/mol. The van der Waals surface area contributed by atoms with Crippen LogP contribution in [0.25, 0.3) is 6.08 Å². The van der Waals surface area contributed by atoms with Crippen LogP contribution in [0.4, 0.5) is 0 Å². The molecule has 0 aliphatic heterocycles. The van der Waals surface area contributed by atoms with E-state index in [1.165, 1.54) is 0 Å². The second kappa shape index (κ2) is 2.73. The monoisotopic (exact) mass is 174 g/mol. The highest BCUT2D eigenvalue weighted by molar-refractivity contribution is 6.13. The minimum absolute atomic E-state index is 0.0840. The standard InChI is InChI=1S/C11H10O2/c1-7-5-9-8(3-4-10(9)12)6-11(7)13-2/h3-6H,1-2H3. The summed E-state index contributed by atoms with van der Waals surface area (Å²) >= 11 is 0. The van der Waals surface area contributed by atoms with Crippen molar-refractivity contribution in [3.63, 3.8) is 0 Å². The number of rotatable bonds is 1. The van der Waals surface area contributed by atoms with Crippen molar-refractivity contribution in [2.75, 3.05) is 7.11 Å². The molecule has 13 heavy (non-hydrogen) atoms. The molecule has 2 rings (SSSR count). The van der Waals surface area contributed by atoms with Gasteiger partial charge in [0.1, 0.15) is 5.75 Å². The SMILES string of the molecule is COc1cc2c(cc1C)C(=O)C=C2. The lowest BCUT2D eigenvalue weighted by Crippen LogP contribution is -1.95. The van der Waals surface area contributed by atoms with Crippen LogP contribution < -0.4 is 4.74 Å². The van der Waals surface area contributed by atoms with E-state index in [0.29, 0.717) is 0 Å². The van der Waals surface area contributed by atoms with Crippen LogP contribution in [0.5, 0.6) is 5.75 Å². The summed E-state index contributed by atoms with van der Waals surface area (Å²) in [5, 5.41) is 0. The van der Waals surface area contributed by atoms with Gasteiger partial charge in [0.15, 0.2) is 5.78 Å². The molecule has 1 aliphatic rings. The first-order valence-electron chi connectivity index (χ1n) is 4.13. The molecule has 0 amide bonds. The number of hydrogen-bond donors (Lipinski definition) is 0. The molecule has 0 bridgehead atoms. The summed E-state index contributed by atoms with van der Waals surface area (Å²) in [6.45, 7) is 1.94. The second-order valence-electron chi connectivity index (χ2n) is 3.11. The van der Waals surface area contributed by atoms with E-state index in [1.807, 2.05) is 25.1 Å². The fourth-order valence-electron chi connectivity index (χ4n) is 1.53. The van der Waals surface area contributed by atoms with E-state index in [9.17, 15) is 4.79 Å². The maximum Gasteiger partial charge on any atom is 0.186 e. The van der Waals surface area contributed by atoms with E-state index in [0.717, 1.165) is 22.4 Å². The van der Waals surface area contributed by atoms with Crippen LogP contribution in [0, 0.1) is 6.92 Å². The van der Waals surface area contributed by atoms with Gasteiger partial charge < -0.3 is 4.74 Å². The molecule has 0 N–H and O–H groups in total. The first-order valence-corrected chi connectivity index (χ1v) is 4.13. The third kappa shape index (κ3) is 1.15. The summed E-state index contributed by atoms with van der Waals surface area (Å²) in [4.78, 5) is 11.3. The first-order chi connectivity index (χ1) is 6.22. The highest BCUT2D eigenvalue weighted by Gasteiger charge is 2.15. The number of benzene rings is 1. The lowest BCUT2D eigenvalue weighted by atomic mass is 10.1. The van der Waals surface area contributed by atoms with Crippen molar-refractivity contribution in [1.82, 2.24) is 0 Å². The van der Waals surface area contributed by atoms with Crippen molar-refractivity contribution >= 4 is 11.9 Å². The molecule has 2 heteroatoms. The average molecular weight is 174 g/mol. The van der Waals surface area contributed by atoms with Gasteiger partial charge in [0, 0.05) is 5.56 Å². The Balaban J connectivity index is 2.62. The largest absolute Gasteiger partial charge is 0.496 e. The van der Waals surface area contributed by atoms with Crippen LogP contribution >= 0.6 is 0 Å². The number of ketones is 1. The van der Waals surface area contributed by atoms with Crippen molar-refractivity contribution in [2.24, 2.45) is 0 Å².